The lowest BCUT2D eigenvalue weighted by molar-refractivity contribution is -0.141. The number of nitrogens with one attached hydrogen (secondary N) is 2. The molecule has 100 valence electrons. The van der Waals surface area contributed by atoms with Crippen molar-refractivity contribution in [1.29, 1.82) is 0 Å². The highest BCUT2D eigenvalue weighted by Gasteiger charge is 2.21. The predicted octanol–water partition coefficient (Wildman–Crippen LogP) is -0.131. The molecule has 0 radical (unpaired) electrons. The Labute approximate surface area is 105 Å². The van der Waals surface area contributed by atoms with Crippen LogP contribution in [-0.2, 0) is 14.4 Å². The van der Waals surface area contributed by atoms with Crippen molar-refractivity contribution >= 4 is 23.5 Å². The largest absolute Gasteiger partial charge is 0.481 e. The summed E-state index contributed by atoms with van der Waals surface area (Å²) in [5.41, 5.74) is 2.45. The van der Waals surface area contributed by atoms with E-state index in [9.17, 15) is 14.4 Å². The topological polar surface area (TPSA) is 108 Å². The molecule has 1 aliphatic rings. The lowest BCUT2D eigenvalue weighted by Gasteiger charge is -2.14. The minimum atomic E-state index is -0.920. The molecule has 1 aliphatic heterocycles. The van der Waals surface area contributed by atoms with Crippen molar-refractivity contribution in [2.45, 2.75) is 32.6 Å². The first kappa shape index (κ1) is 14.1. The van der Waals surface area contributed by atoms with Gasteiger partial charge in [0.1, 0.15) is 5.71 Å². The molecule has 0 aliphatic carbocycles. The zero-order valence-corrected chi connectivity index (χ0v) is 10.2. The second-order valence-electron chi connectivity index (χ2n) is 4.13. The number of carboxylic acid groups (broad SMARTS) is 1. The van der Waals surface area contributed by atoms with E-state index in [4.69, 9.17) is 5.11 Å². The Balaban J connectivity index is 2.45. The molecular weight excluding hydrogens is 238 g/mol. The van der Waals surface area contributed by atoms with Gasteiger partial charge in [0.15, 0.2) is 0 Å². The third-order valence-corrected chi connectivity index (χ3v) is 2.66. The van der Waals surface area contributed by atoms with E-state index in [1.165, 1.54) is 0 Å². The molecule has 0 fully saturated rings. The first-order valence-corrected chi connectivity index (χ1v) is 5.91. The number of nitrogens with zero attached hydrogens (tertiary/aromatic N) is 1. The molecule has 0 aromatic heterocycles. The average molecular weight is 255 g/mol. The molecule has 1 heterocycles. The summed E-state index contributed by atoms with van der Waals surface area (Å²) < 4.78 is 0. The van der Waals surface area contributed by atoms with Crippen LogP contribution in [0.5, 0.6) is 0 Å². The molecule has 3 N–H and O–H groups in total. The smallest absolute Gasteiger partial charge is 0.308 e. The summed E-state index contributed by atoms with van der Waals surface area (Å²) in [6.07, 6.45) is 1.76. The van der Waals surface area contributed by atoms with Gasteiger partial charge in [0.05, 0.1) is 5.92 Å². The fraction of sp³-hybridized carbons (Fsp3) is 0.636. The van der Waals surface area contributed by atoms with Crippen molar-refractivity contribution in [1.82, 2.24) is 10.7 Å². The molecule has 2 amide bonds. The van der Waals surface area contributed by atoms with Crippen molar-refractivity contribution in [2.75, 3.05) is 6.54 Å². The third-order valence-electron chi connectivity index (χ3n) is 2.66. The fourth-order valence-corrected chi connectivity index (χ4v) is 1.62. The summed E-state index contributed by atoms with van der Waals surface area (Å²) in [4.78, 5) is 33.4. The molecule has 1 unspecified atom stereocenters. The molecule has 1 atom stereocenters. The van der Waals surface area contributed by atoms with Crippen LogP contribution in [0.1, 0.15) is 32.6 Å². The maximum atomic E-state index is 11.6. The van der Waals surface area contributed by atoms with E-state index in [1.54, 1.807) is 0 Å². The Kier molecular flexibility index (Phi) is 5.29. The normalized spacial score (nSPS) is 16.5. The van der Waals surface area contributed by atoms with Crippen LogP contribution < -0.4 is 10.7 Å². The first-order chi connectivity index (χ1) is 8.54. The van der Waals surface area contributed by atoms with Crippen LogP contribution in [0.25, 0.3) is 0 Å². The molecule has 0 spiro atoms. The van der Waals surface area contributed by atoms with Crippen LogP contribution in [0.2, 0.25) is 0 Å². The number of hydrogen-bond acceptors (Lipinski definition) is 4. The second kappa shape index (κ2) is 6.73. The number of carbonyl (C=O) groups is 3. The third kappa shape index (κ3) is 4.15. The number of hydrogen-bond donors (Lipinski definition) is 3. The zero-order chi connectivity index (χ0) is 13.5. The van der Waals surface area contributed by atoms with Gasteiger partial charge in [-0.3, -0.25) is 14.4 Å². The molecule has 7 heteroatoms. The minimum absolute atomic E-state index is 0.0783. The number of carbonyl (C=O) groups excluding carboxylic acids is 2. The van der Waals surface area contributed by atoms with E-state index < -0.39 is 17.8 Å². The van der Waals surface area contributed by atoms with Crippen molar-refractivity contribution in [3.05, 3.63) is 0 Å². The molecule has 1 rings (SSSR count). The van der Waals surface area contributed by atoms with Gasteiger partial charge in [0.2, 0.25) is 5.91 Å². The van der Waals surface area contributed by atoms with Crippen LogP contribution in [0.3, 0.4) is 0 Å². The molecule has 0 bridgehead atoms. The molecule has 0 aromatic rings. The molecule has 0 saturated carbocycles. The van der Waals surface area contributed by atoms with Gasteiger partial charge in [-0.2, -0.15) is 5.10 Å². The molecular formula is C11H17N3O4. The fourth-order valence-electron chi connectivity index (χ4n) is 1.62. The Morgan fingerprint density at radius 3 is 2.72 bits per heavy atom. The van der Waals surface area contributed by atoms with Crippen molar-refractivity contribution < 1.29 is 19.5 Å². The Morgan fingerprint density at radius 2 is 2.22 bits per heavy atom. The summed E-state index contributed by atoms with van der Waals surface area (Å²) in [6.45, 7) is 1.97. The van der Waals surface area contributed by atoms with Gasteiger partial charge in [-0.05, 0) is 6.42 Å². The van der Waals surface area contributed by atoms with Gasteiger partial charge in [-0.15, -0.1) is 0 Å². The monoisotopic (exact) mass is 255 g/mol. The Bertz CT molecular complexity index is 378. The molecule has 18 heavy (non-hydrogen) atoms. The van der Waals surface area contributed by atoms with Gasteiger partial charge >= 0.3 is 5.97 Å². The number of hydrazone groups is 1. The highest BCUT2D eigenvalue weighted by molar-refractivity contribution is 6.39. The van der Waals surface area contributed by atoms with E-state index >= 15 is 0 Å². The standard InChI is InChI=1S/C11H17N3O4/c1-2-3-7(11(17)18)6-12-10(16)8-4-5-9(15)14-13-8/h7H,2-6H2,1H3,(H,12,16)(H,14,15)(H,17,18). The summed E-state index contributed by atoms with van der Waals surface area (Å²) >= 11 is 0. The average Bonchev–Trinajstić information content (AvgIpc) is 2.34. The Morgan fingerprint density at radius 1 is 1.50 bits per heavy atom. The van der Waals surface area contributed by atoms with E-state index in [2.05, 4.69) is 15.8 Å². The minimum Gasteiger partial charge on any atom is -0.481 e. The summed E-state index contributed by atoms with van der Waals surface area (Å²) in [6, 6.07) is 0. The first-order valence-electron chi connectivity index (χ1n) is 5.91. The molecule has 7 nitrogen and oxygen atoms in total. The van der Waals surface area contributed by atoms with Crippen LogP contribution in [-0.4, -0.2) is 35.1 Å². The van der Waals surface area contributed by atoms with Crippen LogP contribution >= 0.6 is 0 Å². The van der Waals surface area contributed by atoms with E-state index in [0.29, 0.717) is 6.42 Å². The number of carboxylic acids is 1. The van der Waals surface area contributed by atoms with Gasteiger partial charge < -0.3 is 10.4 Å². The van der Waals surface area contributed by atoms with Crippen LogP contribution in [0.4, 0.5) is 0 Å². The SMILES string of the molecule is CCCC(CNC(=O)C1=NNC(=O)CC1)C(=O)O. The van der Waals surface area contributed by atoms with Crippen molar-refractivity contribution in [2.24, 2.45) is 11.0 Å². The van der Waals surface area contributed by atoms with Crippen LogP contribution in [0.15, 0.2) is 5.10 Å². The summed E-state index contributed by atoms with van der Waals surface area (Å²) in [5, 5.41) is 15.1. The second-order valence-corrected chi connectivity index (χ2v) is 4.13. The van der Waals surface area contributed by atoms with Gasteiger partial charge in [0, 0.05) is 19.4 Å². The van der Waals surface area contributed by atoms with Crippen molar-refractivity contribution in [3.63, 3.8) is 0 Å². The van der Waals surface area contributed by atoms with E-state index in [-0.39, 0.29) is 31.0 Å². The van der Waals surface area contributed by atoms with Gasteiger partial charge in [0.25, 0.3) is 5.91 Å². The molecule has 0 saturated heterocycles. The quantitative estimate of drug-likeness (QED) is 0.614. The highest BCUT2D eigenvalue weighted by Crippen LogP contribution is 2.06. The van der Waals surface area contributed by atoms with Crippen LogP contribution in [0, 0.1) is 5.92 Å². The number of aliphatic carboxylic acids is 1. The van der Waals surface area contributed by atoms with Crippen molar-refractivity contribution in [3.8, 4) is 0 Å². The summed E-state index contributed by atoms with van der Waals surface area (Å²) in [5.74, 6) is -2.15. The summed E-state index contributed by atoms with van der Waals surface area (Å²) in [7, 11) is 0. The highest BCUT2D eigenvalue weighted by atomic mass is 16.4. The van der Waals surface area contributed by atoms with E-state index in [0.717, 1.165) is 6.42 Å². The lowest BCUT2D eigenvalue weighted by atomic mass is 10.0. The van der Waals surface area contributed by atoms with Gasteiger partial charge in [-0.25, -0.2) is 5.43 Å². The predicted molar refractivity (Wildman–Crippen MR) is 63.9 cm³/mol. The maximum absolute atomic E-state index is 11.6. The zero-order valence-electron chi connectivity index (χ0n) is 10.2. The molecule has 0 aromatic carbocycles. The number of rotatable bonds is 6. The Hall–Kier alpha value is -1.92. The number of amides is 2. The lowest BCUT2D eigenvalue weighted by Crippen LogP contribution is -2.40. The van der Waals surface area contributed by atoms with E-state index in [1.807, 2.05) is 6.92 Å². The maximum Gasteiger partial charge on any atom is 0.308 e. The van der Waals surface area contributed by atoms with Gasteiger partial charge in [-0.1, -0.05) is 13.3 Å².